The third-order valence-corrected chi connectivity index (χ3v) is 5.41. The van der Waals surface area contributed by atoms with Crippen LogP contribution in [0.2, 0.25) is 0 Å². The number of rotatable bonds is 3. The minimum Gasteiger partial charge on any atom is -0.377 e. The zero-order valence-electron chi connectivity index (χ0n) is 14.1. The van der Waals surface area contributed by atoms with E-state index >= 15 is 0 Å². The molecule has 0 aromatic heterocycles. The van der Waals surface area contributed by atoms with Crippen molar-refractivity contribution in [2.45, 2.75) is 64.6 Å². The van der Waals surface area contributed by atoms with Gasteiger partial charge in [-0.2, -0.15) is 0 Å². The van der Waals surface area contributed by atoms with Crippen molar-refractivity contribution in [1.82, 2.24) is 4.90 Å². The zero-order valence-corrected chi connectivity index (χ0v) is 14.1. The third kappa shape index (κ3) is 2.23. The SMILES string of the molecule is C=CCN(C(=O)C1(N)C2CCCOC2C1(C)C)C(C)(C)C. The van der Waals surface area contributed by atoms with Crippen LogP contribution in [0.5, 0.6) is 0 Å². The summed E-state index contributed by atoms with van der Waals surface area (Å²) in [6.07, 6.45) is 3.83. The van der Waals surface area contributed by atoms with Gasteiger partial charge >= 0.3 is 0 Å². The molecule has 3 unspecified atom stereocenters. The molecule has 0 spiro atoms. The Bertz CT molecular complexity index is 439. The number of nitrogens with two attached hydrogens (primary N) is 1. The molecule has 2 aliphatic rings. The molecule has 21 heavy (non-hydrogen) atoms. The zero-order chi connectivity index (χ0) is 16.1. The Hall–Kier alpha value is -0.870. The summed E-state index contributed by atoms with van der Waals surface area (Å²) in [6.45, 7) is 15.3. The average Bonchev–Trinajstić information content (AvgIpc) is 2.41. The molecule has 1 amide bonds. The Balaban J connectivity index is 2.33. The van der Waals surface area contributed by atoms with Gasteiger partial charge in [0, 0.05) is 30.0 Å². The molecule has 1 aliphatic heterocycles. The first-order chi connectivity index (χ1) is 9.58. The summed E-state index contributed by atoms with van der Waals surface area (Å²) in [5.74, 6) is 0.162. The molecule has 1 heterocycles. The first-order valence-electron chi connectivity index (χ1n) is 7.92. The number of nitrogens with zero attached hydrogens (tertiary/aromatic N) is 1. The molecule has 0 bridgehead atoms. The topological polar surface area (TPSA) is 55.6 Å². The average molecular weight is 294 g/mol. The van der Waals surface area contributed by atoms with E-state index in [1.165, 1.54) is 0 Å². The summed E-state index contributed by atoms with van der Waals surface area (Å²) in [7, 11) is 0. The lowest BCUT2D eigenvalue weighted by atomic mass is 9.46. The predicted octanol–water partition coefficient (Wildman–Crippen LogP) is 2.33. The van der Waals surface area contributed by atoms with E-state index in [4.69, 9.17) is 10.5 Å². The smallest absolute Gasteiger partial charge is 0.244 e. The fourth-order valence-electron chi connectivity index (χ4n) is 4.02. The van der Waals surface area contributed by atoms with Crippen LogP contribution in [0.15, 0.2) is 12.7 Å². The van der Waals surface area contributed by atoms with Gasteiger partial charge in [0.05, 0.1) is 6.10 Å². The molecule has 0 radical (unpaired) electrons. The Morgan fingerprint density at radius 1 is 1.48 bits per heavy atom. The molecule has 1 saturated heterocycles. The summed E-state index contributed by atoms with van der Waals surface area (Å²) in [4.78, 5) is 15.1. The van der Waals surface area contributed by atoms with Crippen LogP contribution in [0, 0.1) is 11.3 Å². The van der Waals surface area contributed by atoms with Crippen LogP contribution < -0.4 is 5.73 Å². The highest BCUT2D eigenvalue weighted by atomic mass is 16.5. The molecule has 1 aliphatic carbocycles. The minimum atomic E-state index is -0.839. The Morgan fingerprint density at radius 2 is 2.10 bits per heavy atom. The van der Waals surface area contributed by atoms with Crippen LogP contribution in [0.1, 0.15) is 47.5 Å². The number of fused-ring (bicyclic) bond motifs is 1. The number of ether oxygens (including phenoxy) is 1. The maximum atomic E-state index is 13.3. The summed E-state index contributed by atoms with van der Waals surface area (Å²) in [5.41, 5.74) is 5.26. The molecule has 2 rings (SSSR count). The molecule has 2 fully saturated rings. The molecular weight excluding hydrogens is 264 g/mol. The molecule has 2 N–H and O–H groups in total. The van der Waals surface area contributed by atoms with Gasteiger partial charge in [-0.15, -0.1) is 6.58 Å². The maximum Gasteiger partial charge on any atom is 0.244 e. The summed E-state index contributed by atoms with van der Waals surface area (Å²) < 4.78 is 5.89. The van der Waals surface area contributed by atoms with Crippen molar-refractivity contribution in [3.63, 3.8) is 0 Å². The van der Waals surface area contributed by atoms with E-state index in [1.54, 1.807) is 6.08 Å². The molecule has 4 heteroatoms. The van der Waals surface area contributed by atoms with Crippen LogP contribution in [0.25, 0.3) is 0 Å². The third-order valence-electron chi connectivity index (χ3n) is 5.41. The van der Waals surface area contributed by atoms with Crippen LogP contribution in [-0.2, 0) is 9.53 Å². The van der Waals surface area contributed by atoms with Crippen molar-refractivity contribution in [2.24, 2.45) is 17.1 Å². The first-order valence-corrected chi connectivity index (χ1v) is 7.92. The number of amides is 1. The van der Waals surface area contributed by atoms with Gasteiger partial charge in [-0.05, 0) is 33.6 Å². The normalized spacial score (nSPS) is 34.6. The van der Waals surface area contributed by atoms with Crippen LogP contribution >= 0.6 is 0 Å². The molecule has 120 valence electrons. The fraction of sp³-hybridized carbons (Fsp3) is 0.824. The second-order valence-corrected chi connectivity index (χ2v) is 8.01. The van der Waals surface area contributed by atoms with Crippen LogP contribution in [0.4, 0.5) is 0 Å². The summed E-state index contributed by atoms with van der Waals surface area (Å²) >= 11 is 0. The van der Waals surface area contributed by atoms with Gasteiger partial charge < -0.3 is 15.4 Å². The number of hydrogen-bond donors (Lipinski definition) is 1. The Morgan fingerprint density at radius 3 is 2.62 bits per heavy atom. The van der Waals surface area contributed by atoms with E-state index in [9.17, 15) is 4.79 Å². The van der Waals surface area contributed by atoms with Crippen LogP contribution in [0.3, 0.4) is 0 Å². The number of hydrogen-bond acceptors (Lipinski definition) is 3. The highest BCUT2D eigenvalue weighted by Gasteiger charge is 2.71. The molecule has 0 aromatic carbocycles. The van der Waals surface area contributed by atoms with Gasteiger partial charge in [0.1, 0.15) is 5.54 Å². The molecule has 4 nitrogen and oxygen atoms in total. The van der Waals surface area contributed by atoms with Crippen molar-refractivity contribution in [3.05, 3.63) is 12.7 Å². The highest BCUT2D eigenvalue weighted by molar-refractivity contribution is 5.90. The van der Waals surface area contributed by atoms with Gasteiger partial charge in [-0.25, -0.2) is 0 Å². The van der Waals surface area contributed by atoms with Gasteiger partial charge in [0.25, 0.3) is 0 Å². The monoisotopic (exact) mass is 294 g/mol. The molecule has 3 atom stereocenters. The van der Waals surface area contributed by atoms with E-state index in [0.717, 1.165) is 19.4 Å². The maximum absolute atomic E-state index is 13.3. The van der Waals surface area contributed by atoms with Crippen LogP contribution in [-0.4, -0.2) is 41.1 Å². The van der Waals surface area contributed by atoms with Crippen molar-refractivity contribution < 1.29 is 9.53 Å². The Labute approximate surface area is 128 Å². The largest absolute Gasteiger partial charge is 0.377 e. The van der Waals surface area contributed by atoms with E-state index < -0.39 is 5.54 Å². The number of carbonyl (C=O) groups excluding carboxylic acids is 1. The lowest BCUT2D eigenvalue weighted by Crippen LogP contribution is -2.83. The highest BCUT2D eigenvalue weighted by Crippen LogP contribution is 2.58. The van der Waals surface area contributed by atoms with Gasteiger partial charge in [-0.1, -0.05) is 19.9 Å². The summed E-state index contributed by atoms with van der Waals surface area (Å²) in [5, 5.41) is 0. The summed E-state index contributed by atoms with van der Waals surface area (Å²) in [6, 6.07) is 0. The predicted molar refractivity (Wildman–Crippen MR) is 84.8 cm³/mol. The number of carbonyl (C=O) groups is 1. The lowest BCUT2D eigenvalue weighted by molar-refractivity contribution is -0.231. The van der Waals surface area contributed by atoms with Crippen molar-refractivity contribution in [3.8, 4) is 0 Å². The second-order valence-electron chi connectivity index (χ2n) is 8.01. The molecular formula is C17H30N2O2. The minimum absolute atomic E-state index is 0.0339. The fourth-order valence-corrected chi connectivity index (χ4v) is 4.02. The van der Waals surface area contributed by atoms with Crippen molar-refractivity contribution in [1.29, 1.82) is 0 Å². The van der Waals surface area contributed by atoms with E-state index in [-0.39, 0.29) is 28.9 Å². The standard InChI is InChI=1S/C17H30N2O2/c1-7-10-19(15(2,3)4)14(20)17(18)12-9-8-11-21-13(12)16(17,5)6/h7,12-13H,1,8-11,18H2,2-6H3. The lowest BCUT2D eigenvalue weighted by Gasteiger charge is -2.66. The van der Waals surface area contributed by atoms with E-state index in [1.807, 2.05) is 25.7 Å². The molecule has 0 aromatic rings. The quantitative estimate of drug-likeness (QED) is 0.813. The molecule has 1 saturated carbocycles. The van der Waals surface area contributed by atoms with Gasteiger partial charge in [-0.3, -0.25) is 4.79 Å². The van der Waals surface area contributed by atoms with Gasteiger partial charge in [0.15, 0.2) is 0 Å². The Kier molecular flexibility index (Phi) is 4.00. The first kappa shape index (κ1) is 16.5. The van der Waals surface area contributed by atoms with E-state index in [0.29, 0.717) is 6.54 Å². The van der Waals surface area contributed by atoms with Crippen molar-refractivity contribution >= 4 is 5.91 Å². The second kappa shape index (κ2) is 5.10. The van der Waals surface area contributed by atoms with E-state index in [2.05, 4.69) is 20.4 Å². The van der Waals surface area contributed by atoms with Crippen molar-refractivity contribution in [2.75, 3.05) is 13.2 Å². The van der Waals surface area contributed by atoms with Gasteiger partial charge in [0.2, 0.25) is 5.91 Å².